The second kappa shape index (κ2) is 6.13. The number of anilines is 1. The molecule has 6 heteroatoms. The van der Waals surface area contributed by atoms with E-state index in [1.54, 1.807) is 12.4 Å². The molecule has 6 nitrogen and oxygen atoms in total. The van der Waals surface area contributed by atoms with Crippen molar-refractivity contribution in [2.75, 3.05) is 11.4 Å². The number of aromatic nitrogens is 4. The van der Waals surface area contributed by atoms with E-state index >= 15 is 0 Å². The van der Waals surface area contributed by atoms with Gasteiger partial charge in [-0.3, -0.25) is 0 Å². The van der Waals surface area contributed by atoms with Gasteiger partial charge in [-0.05, 0) is 32.3 Å². The highest BCUT2D eigenvalue weighted by Gasteiger charge is 2.27. The summed E-state index contributed by atoms with van der Waals surface area (Å²) in [5.41, 5.74) is 0.863. The zero-order valence-electron chi connectivity index (χ0n) is 12.1. The predicted molar refractivity (Wildman–Crippen MR) is 78.7 cm³/mol. The summed E-state index contributed by atoms with van der Waals surface area (Å²) in [5, 5.41) is 9.30. The van der Waals surface area contributed by atoms with Crippen LogP contribution in [0.2, 0.25) is 0 Å². The molecule has 0 radical (unpaired) electrons. The number of hydrogen-bond acceptors (Lipinski definition) is 6. The van der Waals surface area contributed by atoms with Crippen LogP contribution in [-0.2, 0) is 6.61 Å². The SMILES string of the molecule is Cc1cc(N2CCCCC2c2ncccn2)nc(CO)n1. The molecule has 0 spiro atoms. The van der Waals surface area contributed by atoms with E-state index in [1.165, 1.54) is 0 Å². The van der Waals surface area contributed by atoms with Crippen LogP contribution in [0.25, 0.3) is 0 Å². The van der Waals surface area contributed by atoms with Crippen LogP contribution in [0.4, 0.5) is 5.82 Å². The van der Waals surface area contributed by atoms with Crippen molar-refractivity contribution in [2.24, 2.45) is 0 Å². The number of aliphatic hydroxyl groups excluding tert-OH is 1. The normalized spacial score (nSPS) is 18.8. The van der Waals surface area contributed by atoms with Crippen molar-refractivity contribution in [2.45, 2.75) is 38.8 Å². The molecule has 0 aliphatic carbocycles. The molecule has 1 unspecified atom stereocenters. The fraction of sp³-hybridized carbons (Fsp3) is 0.467. The van der Waals surface area contributed by atoms with Gasteiger partial charge in [-0.2, -0.15) is 0 Å². The van der Waals surface area contributed by atoms with Crippen LogP contribution in [0.5, 0.6) is 0 Å². The quantitative estimate of drug-likeness (QED) is 0.927. The third-order valence-corrected chi connectivity index (χ3v) is 3.71. The Hall–Kier alpha value is -2.08. The highest BCUT2D eigenvalue weighted by Crippen LogP contribution is 2.32. The first-order chi connectivity index (χ1) is 10.3. The van der Waals surface area contributed by atoms with E-state index in [0.29, 0.717) is 5.82 Å². The molecule has 1 saturated heterocycles. The summed E-state index contributed by atoms with van der Waals surface area (Å²) in [6.45, 7) is 2.70. The fourth-order valence-electron chi connectivity index (χ4n) is 2.79. The first-order valence-corrected chi connectivity index (χ1v) is 7.27. The van der Waals surface area contributed by atoms with Crippen molar-refractivity contribution in [3.05, 3.63) is 41.9 Å². The number of nitrogens with zero attached hydrogens (tertiary/aromatic N) is 5. The predicted octanol–water partition coefficient (Wildman–Crippen LogP) is 1.80. The number of aliphatic hydroxyl groups is 1. The summed E-state index contributed by atoms with van der Waals surface area (Å²) in [6.07, 6.45) is 6.86. The van der Waals surface area contributed by atoms with Gasteiger partial charge in [0.1, 0.15) is 12.4 Å². The maximum atomic E-state index is 9.30. The fourth-order valence-corrected chi connectivity index (χ4v) is 2.79. The van der Waals surface area contributed by atoms with E-state index in [0.717, 1.165) is 43.1 Å². The summed E-state index contributed by atoms with van der Waals surface area (Å²) in [7, 11) is 0. The van der Waals surface area contributed by atoms with E-state index in [-0.39, 0.29) is 12.6 Å². The van der Waals surface area contributed by atoms with Crippen LogP contribution in [0, 0.1) is 6.92 Å². The van der Waals surface area contributed by atoms with E-state index < -0.39 is 0 Å². The molecule has 1 atom stereocenters. The molecule has 2 aromatic rings. The lowest BCUT2D eigenvalue weighted by molar-refractivity contribution is 0.271. The van der Waals surface area contributed by atoms with Gasteiger partial charge in [0.05, 0.1) is 6.04 Å². The Kier molecular flexibility index (Phi) is 4.06. The Morgan fingerprint density at radius 1 is 1.24 bits per heavy atom. The molecule has 3 heterocycles. The average Bonchev–Trinajstić information content (AvgIpc) is 2.55. The van der Waals surface area contributed by atoms with Gasteiger partial charge in [0.25, 0.3) is 0 Å². The molecule has 2 aromatic heterocycles. The molecule has 3 rings (SSSR count). The van der Waals surface area contributed by atoms with Gasteiger partial charge in [-0.25, -0.2) is 19.9 Å². The van der Waals surface area contributed by atoms with Crippen LogP contribution in [0.15, 0.2) is 24.5 Å². The Balaban J connectivity index is 1.96. The van der Waals surface area contributed by atoms with Gasteiger partial charge in [-0.1, -0.05) is 0 Å². The lowest BCUT2D eigenvalue weighted by atomic mass is 10.0. The van der Waals surface area contributed by atoms with Crippen molar-refractivity contribution in [1.29, 1.82) is 0 Å². The van der Waals surface area contributed by atoms with Crippen molar-refractivity contribution >= 4 is 5.82 Å². The molecule has 1 aliphatic heterocycles. The first-order valence-electron chi connectivity index (χ1n) is 7.27. The van der Waals surface area contributed by atoms with E-state index in [9.17, 15) is 5.11 Å². The van der Waals surface area contributed by atoms with Gasteiger partial charge < -0.3 is 10.0 Å². The highest BCUT2D eigenvalue weighted by atomic mass is 16.3. The maximum Gasteiger partial charge on any atom is 0.156 e. The molecular weight excluding hydrogens is 266 g/mol. The molecule has 1 N–H and O–H groups in total. The highest BCUT2D eigenvalue weighted by molar-refractivity contribution is 5.42. The van der Waals surface area contributed by atoms with E-state index in [1.807, 2.05) is 19.1 Å². The summed E-state index contributed by atoms with van der Waals surface area (Å²) < 4.78 is 0. The van der Waals surface area contributed by atoms with Crippen molar-refractivity contribution in [1.82, 2.24) is 19.9 Å². The number of piperidine rings is 1. The van der Waals surface area contributed by atoms with Crippen LogP contribution in [-0.4, -0.2) is 31.6 Å². The number of aryl methyl sites for hydroxylation is 1. The van der Waals surface area contributed by atoms with Gasteiger partial charge >= 0.3 is 0 Å². The minimum absolute atomic E-state index is 0.140. The lowest BCUT2D eigenvalue weighted by Gasteiger charge is -2.35. The first kappa shape index (κ1) is 13.9. The molecule has 0 saturated carbocycles. The zero-order chi connectivity index (χ0) is 14.7. The summed E-state index contributed by atoms with van der Waals surface area (Å²) in [4.78, 5) is 19.7. The van der Waals surface area contributed by atoms with Crippen LogP contribution >= 0.6 is 0 Å². The Labute approximate surface area is 123 Å². The minimum atomic E-state index is -0.144. The average molecular weight is 285 g/mol. The van der Waals surface area contributed by atoms with Crippen molar-refractivity contribution in [3.8, 4) is 0 Å². The molecule has 0 aromatic carbocycles. The number of hydrogen-bond donors (Lipinski definition) is 1. The van der Waals surface area contributed by atoms with Crippen molar-refractivity contribution < 1.29 is 5.11 Å². The standard InChI is InChI=1S/C15H19N5O/c1-11-9-14(19-13(10-21)18-11)20-8-3-2-5-12(20)15-16-6-4-7-17-15/h4,6-7,9,12,21H,2-3,5,8,10H2,1H3. The summed E-state index contributed by atoms with van der Waals surface area (Å²) in [5.74, 6) is 2.14. The van der Waals surface area contributed by atoms with Crippen LogP contribution in [0.3, 0.4) is 0 Å². The van der Waals surface area contributed by atoms with Crippen LogP contribution in [0.1, 0.15) is 42.6 Å². The lowest BCUT2D eigenvalue weighted by Crippen LogP contribution is -2.35. The molecule has 21 heavy (non-hydrogen) atoms. The van der Waals surface area contributed by atoms with Gasteiger partial charge in [-0.15, -0.1) is 0 Å². The third-order valence-electron chi connectivity index (χ3n) is 3.71. The molecule has 0 amide bonds. The second-order valence-electron chi connectivity index (χ2n) is 5.25. The van der Waals surface area contributed by atoms with E-state index in [4.69, 9.17) is 0 Å². The molecular formula is C15H19N5O. The summed E-state index contributed by atoms with van der Waals surface area (Å²) in [6, 6.07) is 3.93. The third kappa shape index (κ3) is 3.00. The van der Waals surface area contributed by atoms with E-state index in [2.05, 4.69) is 24.8 Å². The molecule has 110 valence electrons. The maximum absolute atomic E-state index is 9.30. The van der Waals surface area contributed by atoms with Gasteiger partial charge in [0.15, 0.2) is 11.6 Å². The minimum Gasteiger partial charge on any atom is -0.388 e. The molecule has 0 bridgehead atoms. The topological polar surface area (TPSA) is 75.0 Å². The smallest absolute Gasteiger partial charge is 0.156 e. The molecule has 1 aliphatic rings. The number of rotatable bonds is 3. The van der Waals surface area contributed by atoms with Crippen molar-refractivity contribution in [3.63, 3.8) is 0 Å². The largest absolute Gasteiger partial charge is 0.388 e. The second-order valence-corrected chi connectivity index (χ2v) is 5.25. The van der Waals surface area contributed by atoms with Gasteiger partial charge in [0, 0.05) is 30.7 Å². The monoisotopic (exact) mass is 285 g/mol. The van der Waals surface area contributed by atoms with Gasteiger partial charge in [0.2, 0.25) is 0 Å². The zero-order valence-corrected chi connectivity index (χ0v) is 12.1. The summed E-state index contributed by atoms with van der Waals surface area (Å²) >= 11 is 0. The Bertz CT molecular complexity index is 604. The Morgan fingerprint density at radius 2 is 2.05 bits per heavy atom. The Morgan fingerprint density at radius 3 is 2.81 bits per heavy atom. The molecule has 1 fully saturated rings. The van der Waals surface area contributed by atoms with Crippen LogP contribution < -0.4 is 4.90 Å².